The third kappa shape index (κ3) is 5.04. The average molecular weight is 416 g/mol. The molecule has 0 saturated carbocycles. The van der Waals surface area contributed by atoms with Gasteiger partial charge in [0, 0.05) is 7.05 Å². The Morgan fingerprint density at radius 2 is 1.55 bits per heavy atom. The summed E-state index contributed by atoms with van der Waals surface area (Å²) in [5.74, 6) is -3.46. The van der Waals surface area contributed by atoms with Crippen molar-refractivity contribution < 1.29 is 41.9 Å². The van der Waals surface area contributed by atoms with Gasteiger partial charge in [0.05, 0.1) is 17.5 Å². The summed E-state index contributed by atoms with van der Waals surface area (Å²) in [5, 5.41) is 0.105. The van der Waals surface area contributed by atoms with Gasteiger partial charge in [0.25, 0.3) is 11.8 Å². The lowest BCUT2D eigenvalue weighted by Crippen LogP contribution is -2.50. The van der Waals surface area contributed by atoms with Crippen LogP contribution in [0.15, 0.2) is 24.3 Å². The van der Waals surface area contributed by atoms with Crippen molar-refractivity contribution in [3.63, 3.8) is 0 Å². The predicted octanol–water partition coefficient (Wildman–Crippen LogP) is 2.93. The number of fused-ring (bicyclic) bond motifs is 1. The molecule has 8 nitrogen and oxygen atoms in total. The van der Waals surface area contributed by atoms with E-state index in [0.717, 1.165) is 7.05 Å². The molecule has 1 aromatic rings. The van der Waals surface area contributed by atoms with Crippen molar-refractivity contribution >= 4 is 23.9 Å². The smallest absolute Gasteiger partial charge is 0.410 e. The molecule has 0 radical (unpaired) electrons. The highest BCUT2D eigenvalue weighted by molar-refractivity contribution is 6.20. The number of carbonyl (C=O) groups excluding carboxylic acids is 4. The lowest BCUT2D eigenvalue weighted by molar-refractivity contribution is -0.194. The molecule has 0 N–H and O–H groups in total. The van der Waals surface area contributed by atoms with Gasteiger partial charge in [-0.2, -0.15) is 13.2 Å². The molecule has 0 saturated heterocycles. The molecule has 0 aliphatic carbocycles. The van der Waals surface area contributed by atoms with E-state index in [1.54, 1.807) is 0 Å². The third-order valence-electron chi connectivity index (χ3n) is 3.84. The van der Waals surface area contributed by atoms with E-state index in [9.17, 15) is 32.3 Å². The van der Waals surface area contributed by atoms with Crippen LogP contribution in [0.2, 0.25) is 0 Å². The van der Waals surface area contributed by atoms with Gasteiger partial charge in [0.2, 0.25) is 0 Å². The molecular formula is C18H19F3N2O6. The van der Waals surface area contributed by atoms with Crippen LogP contribution in [0.3, 0.4) is 0 Å². The first kappa shape index (κ1) is 22.2. The lowest BCUT2D eigenvalue weighted by Gasteiger charge is -2.31. The Morgan fingerprint density at radius 3 is 1.97 bits per heavy atom. The maximum Gasteiger partial charge on any atom is 0.410 e. The molecule has 1 atom stereocenters. The number of carbonyl (C=O) groups is 4. The number of ether oxygens (including phenoxy) is 1. The van der Waals surface area contributed by atoms with Gasteiger partial charge in [0.15, 0.2) is 0 Å². The monoisotopic (exact) mass is 416 g/mol. The molecular weight excluding hydrogens is 397 g/mol. The number of hydroxylamine groups is 2. The molecule has 0 aromatic heterocycles. The zero-order valence-corrected chi connectivity index (χ0v) is 16.1. The third-order valence-corrected chi connectivity index (χ3v) is 3.84. The molecule has 158 valence electrons. The van der Waals surface area contributed by atoms with E-state index >= 15 is 0 Å². The van der Waals surface area contributed by atoms with E-state index in [2.05, 4.69) is 4.84 Å². The Kier molecular flexibility index (Phi) is 5.91. The number of amides is 3. The highest BCUT2D eigenvalue weighted by Crippen LogP contribution is 2.29. The van der Waals surface area contributed by atoms with E-state index in [4.69, 9.17) is 4.74 Å². The number of rotatable bonds is 4. The molecule has 0 spiro atoms. The van der Waals surface area contributed by atoms with Gasteiger partial charge in [-0.05, 0) is 32.9 Å². The number of hydrogen-bond acceptors (Lipinski definition) is 6. The number of hydrogen-bond donors (Lipinski definition) is 0. The van der Waals surface area contributed by atoms with Crippen LogP contribution >= 0.6 is 0 Å². The molecule has 11 heteroatoms. The van der Waals surface area contributed by atoms with Crippen LogP contribution in [0.5, 0.6) is 0 Å². The van der Waals surface area contributed by atoms with Gasteiger partial charge in [-0.3, -0.25) is 14.5 Å². The van der Waals surface area contributed by atoms with E-state index in [-0.39, 0.29) is 21.1 Å². The van der Waals surface area contributed by atoms with Crippen LogP contribution in [0.1, 0.15) is 47.9 Å². The zero-order valence-electron chi connectivity index (χ0n) is 16.1. The molecule has 0 bridgehead atoms. The molecule has 29 heavy (non-hydrogen) atoms. The van der Waals surface area contributed by atoms with Crippen molar-refractivity contribution in [3.05, 3.63) is 35.4 Å². The van der Waals surface area contributed by atoms with E-state index in [1.807, 2.05) is 0 Å². The summed E-state index contributed by atoms with van der Waals surface area (Å²) >= 11 is 0. The second-order valence-corrected chi connectivity index (χ2v) is 7.27. The molecule has 1 unspecified atom stereocenters. The summed E-state index contributed by atoms with van der Waals surface area (Å²) in [7, 11) is 0.821. The van der Waals surface area contributed by atoms with Crippen LogP contribution in [-0.4, -0.2) is 58.7 Å². The number of imide groups is 1. The van der Waals surface area contributed by atoms with Gasteiger partial charge < -0.3 is 9.57 Å². The van der Waals surface area contributed by atoms with E-state index in [1.165, 1.54) is 45.0 Å². The minimum absolute atomic E-state index is 0.0384. The first-order chi connectivity index (χ1) is 13.2. The molecule has 1 aromatic carbocycles. The second kappa shape index (κ2) is 7.72. The Labute approximate surface area is 164 Å². The normalized spacial score (nSPS) is 15.1. The Morgan fingerprint density at radius 1 is 1.07 bits per heavy atom. The minimum Gasteiger partial charge on any atom is -0.444 e. The zero-order chi connectivity index (χ0) is 22.1. The van der Waals surface area contributed by atoms with Gasteiger partial charge >= 0.3 is 18.2 Å². The summed E-state index contributed by atoms with van der Waals surface area (Å²) in [6.07, 6.45) is -7.63. The number of alkyl halides is 3. The standard InChI is InChI=1S/C18H19F3N2O6/c1-17(2,3)28-16(27)22(4)12(18(19,20)21)9-13(24)29-23-14(25)10-7-5-6-8-11(10)15(23)26/h5-8,12H,9H2,1-4H3. The topological polar surface area (TPSA) is 93.2 Å². The van der Waals surface area contributed by atoms with Crippen LogP contribution in [-0.2, 0) is 14.4 Å². The number of benzene rings is 1. The molecule has 3 amide bonds. The molecule has 1 aliphatic rings. The van der Waals surface area contributed by atoms with Crippen molar-refractivity contribution in [2.75, 3.05) is 7.05 Å². The van der Waals surface area contributed by atoms with Crippen LogP contribution in [0.4, 0.5) is 18.0 Å². The summed E-state index contributed by atoms with van der Waals surface area (Å²) in [6, 6.07) is 3.01. The second-order valence-electron chi connectivity index (χ2n) is 7.27. The first-order valence-electron chi connectivity index (χ1n) is 8.43. The van der Waals surface area contributed by atoms with Crippen molar-refractivity contribution in [1.29, 1.82) is 0 Å². The Hall–Kier alpha value is -3.11. The summed E-state index contributed by atoms with van der Waals surface area (Å²) in [4.78, 5) is 53.1. The fourth-order valence-corrected chi connectivity index (χ4v) is 2.48. The maximum absolute atomic E-state index is 13.4. The highest BCUT2D eigenvalue weighted by atomic mass is 19.4. The largest absolute Gasteiger partial charge is 0.444 e. The fourth-order valence-electron chi connectivity index (χ4n) is 2.48. The minimum atomic E-state index is -4.99. The predicted molar refractivity (Wildman–Crippen MR) is 91.5 cm³/mol. The highest BCUT2D eigenvalue weighted by Gasteiger charge is 2.48. The van der Waals surface area contributed by atoms with Gasteiger partial charge in [-0.25, -0.2) is 9.59 Å². The number of halogens is 3. The SMILES string of the molecule is CN(C(=O)OC(C)(C)C)C(CC(=O)ON1C(=O)c2ccccc2C1=O)C(F)(F)F. The molecule has 1 heterocycles. The quantitative estimate of drug-likeness (QED) is 0.701. The average Bonchev–Trinajstić information content (AvgIpc) is 2.82. The van der Waals surface area contributed by atoms with Crippen LogP contribution in [0.25, 0.3) is 0 Å². The summed E-state index contributed by atoms with van der Waals surface area (Å²) in [5.41, 5.74) is -1.13. The van der Waals surface area contributed by atoms with Crippen LogP contribution < -0.4 is 0 Å². The lowest BCUT2D eigenvalue weighted by atomic mass is 10.1. The summed E-state index contributed by atoms with van der Waals surface area (Å²) in [6.45, 7) is 4.41. The van der Waals surface area contributed by atoms with Crippen molar-refractivity contribution in [1.82, 2.24) is 9.96 Å². The van der Waals surface area contributed by atoms with Gasteiger partial charge in [0.1, 0.15) is 11.6 Å². The Balaban J connectivity index is 2.13. The van der Waals surface area contributed by atoms with Crippen LogP contribution in [0, 0.1) is 0 Å². The van der Waals surface area contributed by atoms with Gasteiger partial charge in [-0.1, -0.05) is 17.2 Å². The van der Waals surface area contributed by atoms with E-state index < -0.39 is 48.1 Å². The van der Waals surface area contributed by atoms with Gasteiger partial charge in [-0.15, -0.1) is 0 Å². The maximum atomic E-state index is 13.4. The first-order valence-corrected chi connectivity index (χ1v) is 8.43. The fraction of sp³-hybridized carbons (Fsp3) is 0.444. The van der Waals surface area contributed by atoms with Crippen molar-refractivity contribution in [3.8, 4) is 0 Å². The van der Waals surface area contributed by atoms with Crippen molar-refractivity contribution in [2.24, 2.45) is 0 Å². The molecule has 1 aliphatic heterocycles. The molecule has 2 rings (SSSR count). The summed E-state index contributed by atoms with van der Waals surface area (Å²) < 4.78 is 45.1. The van der Waals surface area contributed by atoms with E-state index in [0.29, 0.717) is 0 Å². The number of nitrogens with zero attached hydrogens (tertiary/aromatic N) is 2. The molecule has 0 fully saturated rings. The van der Waals surface area contributed by atoms with Crippen molar-refractivity contribution in [2.45, 2.75) is 45.0 Å². The Bertz CT molecular complexity index is 812.